The highest BCUT2D eigenvalue weighted by Gasteiger charge is 2.31. The number of piperidine rings is 1. The van der Waals surface area contributed by atoms with Crippen molar-refractivity contribution in [3.05, 3.63) is 48.2 Å². The molecule has 0 aliphatic carbocycles. The summed E-state index contributed by atoms with van der Waals surface area (Å²) in [5.74, 6) is -0.169. The smallest absolute Gasteiger partial charge is 0.255 e. The average Bonchev–Trinajstić information content (AvgIpc) is 2.75. The highest BCUT2D eigenvalue weighted by Crippen LogP contribution is 2.26. The van der Waals surface area contributed by atoms with Crippen LogP contribution in [0.4, 0.5) is 5.69 Å². The van der Waals surface area contributed by atoms with E-state index in [0.29, 0.717) is 18.8 Å². The molecule has 1 atom stereocenters. The van der Waals surface area contributed by atoms with Gasteiger partial charge in [-0.15, -0.1) is 0 Å². The average molecular weight is 434 g/mol. The third-order valence-corrected chi connectivity index (χ3v) is 7.00. The van der Waals surface area contributed by atoms with Gasteiger partial charge < -0.3 is 14.8 Å². The number of hydrogen-bond acceptors (Lipinski definition) is 6. The van der Waals surface area contributed by atoms with Crippen LogP contribution < -0.4 is 10.1 Å². The van der Waals surface area contributed by atoms with E-state index < -0.39 is 15.9 Å². The van der Waals surface area contributed by atoms with Crippen molar-refractivity contribution >= 4 is 21.6 Å². The van der Waals surface area contributed by atoms with E-state index in [1.165, 1.54) is 16.4 Å². The van der Waals surface area contributed by atoms with E-state index >= 15 is 0 Å². The Bertz CT molecular complexity index is 980. The molecule has 1 N–H and O–H groups in total. The lowest BCUT2D eigenvalue weighted by Gasteiger charge is -2.32. The largest absolute Gasteiger partial charge is 0.474 e. The van der Waals surface area contributed by atoms with Crippen LogP contribution in [0.3, 0.4) is 0 Å². The second-order valence-corrected chi connectivity index (χ2v) is 9.03. The van der Waals surface area contributed by atoms with Crippen molar-refractivity contribution in [3.8, 4) is 5.88 Å². The molecule has 1 aromatic carbocycles. The van der Waals surface area contributed by atoms with Gasteiger partial charge in [0.2, 0.25) is 15.9 Å². The van der Waals surface area contributed by atoms with E-state index in [9.17, 15) is 13.2 Å². The van der Waals surface area contributed by atoms with Crippen molar-refractivity contribution in [1.82, 2.24) is 9.29 Å². The van der Waals surface area contributed by atoms with E-state index in [0.717, 1.165) is 19.3 Å². The number of carbonyl (C=O) groups excluding carboxylic acids is 1. The normalized spacial score (nSPS) is 17.5. The quantitative estimate of drug-likeness (QED) is 0.643. The second-order valence-electron chi connectivity index (χ2n) is 7.14. The number of hydrogen-bond donors (Lipinski definition) is 1. The molecule has 0 bridgehead atoms. The maximum absolute atomic E-state index is 13.1. The maximum Gasteiger partial charge on any atom is 0.255 e. The monoisotopic (exact) mass is 433 g/mol. The maximum atomic E-state index is 13.1. The van der Waals surface area contributed by atoms with Gasteiger partial charge in [-0.25, -0.2) is 13.4 Å². The SMILES string of the molecule is COCCOc1ncccc1NC(=O)c1cccc(S(=O)(=O)N2CCCCC2C)c1. The van der Waals surface area contributed by atoms with Gasteiger partial charge in [-0.3, -0.25) is 4.79 Å². The summed E-state index contributed by atoms with van der Waals surface area (Å²) in [6.45, 7) is 3.09. The van der Waals surface area contributed by atoms with Crippen LogP contribution in [0.2, 0.25) is 0 Å². The summed E-state index contributed by atoms with van der Waals surface area (Å²) in [7, 11) is -2.10. The molecule has 1 saturated heterocycles. The molecule has 1 aliphatic rings. The van der Waals surface area contributed by atoms with Crippen molar-refractivity contribution in [1.29, 1.82) is 0 Å². The van der Waals surface area contributed by atoms with Gasteiger partial charge in [-0.05, 0) is 50.1 Å². The minimum Gasteiger partial charge on any atom is -0.474 e. The van der Waals surface area contributed by atoms with Gasteiger partial charge in [0.25, 0.3) is 5.91 Å². The molecule has 1 fully saturated rings. The van der Waals surface area contributed by atoms with Gasteiger partial charge in [-0.2, -0.15) is 4.31 Å². The van der Waals surface area contributed by atoms with Crippen LogP contribution in [-0.2, 0) is 14.8 Å². The summed E-state index contributed by atoms with van der Waals surface area (Å²) in [4.78, 5) is 17.0. The zero-order valence-electron chi connectivity index (χ0n) is 17.2. The van der Waals surface area contributed by atoms with Crippen molar-refractivity contribution < 1.29 is 22.7 Å². The molecule has 2 aromatic rings. The molecular weight excluding hydrogens is 406 g/mol. The van der Waals surface area contributed by atoms with Gasteiger partial charge in [0.1, 0.15) is 12.3 Å². The van der Waals surface area contributed by atoms with Gasteiger partial charge in [-0.1, -0.05) is 12.5 Å². The van der Waals surface area contributed by atoms with Crippen molar-refractivity contribution in [2.45, 2.75) is 37.1 Å². The third-order valence-electron chi connectivity index (χ3n) is 4.99. The van der Waals surface area contributed by atoms with Crippen LogP contribution in [-0.4, -0.2) is 56.5 Å². The Balaban J connectivity index is 1.79. The van der Waals surface area contributed by atoms with Crippen molar-refractivity contribution in [2.75, 3.05) is 32.2 Å². The molecule has 3 rings (SSSR count). The Morgan fingerprint density at radius 3 is 2.83 bits per heavy atom. The Morgan fingerprint density at radius 1 is 1.23 bits per heavy atom. The first-order valence-electron chi connectivity index (χ1n) is 9.93. The highest BCUT2D eigenvalue weighted by molar-refractivity contribution is 7.89. The number of amides is 1. The summed E-state index contributed by atoms with van der Waals surface area (Å²) in [5, 5.41) is 2.75. The molecule has 9 heteroatoms. The molecular formula is C21H27N3O5S. The number of aromatic nitrogens is 1. The predicted molar refractivity (Wildman–Crippen MR) is 113 cm³/mol. The van der Waals surface area contributed by atoms with Gasteiger partial charge >= 0.3 is 0 Å². The Labute approximate surface area is 177 Å². The standard InChI is InChI=1S/C21H27N3O5S/c1-16-7-3-4-12-24(16)30(26,27)18-9-5-8-17(15-18)20(25)23-19-10-6-11-22-21(19)29-14-13-28-2/h5-6,8-11,15-16H,3-4,7,12-14H2,1-2H3,(H,23,25). The fraction of sp³-hybridized carbons (Fsp3) is 0.429. The van der Waals surface area contributed by atoms with Crippen LogP contribution >= 0.6 is 0 Å². The van der Waals surface area contributed by atoms with Crippen LogP contribution in [0.15, 0.2) is 47.5 Å². The highest BCUT2D eigenvalue weighted by atomic mass is 32.2. The van der Waals surface area contributed by atoms with Gasteiger partial charge in [0.15, 0.2) is 0 Å². The number of anilines is 1. The summed E-state index contributed by atoms with van der Waals surface area (Å²) in [6, 6.07) is 9.39. The molecule has 2 heterocycles. The Hall–Kier alpha value is -2.49. The van der Waals surface area contributed by atoms with E-state index in [1.807, 2.05) is 6.92 Å². The van der Waals surface area contributed by atoms with E-state index in [1.54, 1.807) is 37.6 Å². The number of methoxy groups -OCH3 is 1. The minimum absolute atomic E-state index is 0.0524. The van der Waals surface area contributed by atoms with Crippen LogP contribution in [0.1, 0.15) is 36.5 Å². The first kappa shape index (κ1) is 22.2. The van der Waals surface area contributed by atoms with Gasteiger partial charge in [0, 0.05) is 31.5 Å². The molecule has 0 saturated carbocycles. The minimum atomic E-state index is -3.66. The fourth-order valence-electron chi connectivity index (χ4n) is 3.38. The first-order valence-corrected chi connectivity index (χ1v) is 11.4. The third kappa shape index (κ3) is 5.16. The molecule has 30 heavy (non-hydrogen) atoms. The molecule has 0 radical (unpaired) electrons. The molecule has 1 unspecified atom stereocenters. The predicted octanol–water partition coefficient (Wildman–Crippen LogP) is 2.92. The van der Waals surface area contributed by atoms with Crippen LogP contribution in [0, 0.1) is 0 Å². The molecule has 8 nitrogen and oxygen atoms in total. The number of nitrogens with one attached hydrogen (secondary N) is 1. The van der Waals surface area contributed by atoms with E-state index in [4.69, 9.17) is 9.47 Å². The topological polar surface area (TPSA) is 97.8 Å². The summed E-state index contributed by atoms with van der Waals surface area (Å²) >= 11 is 0. The first-order chi connectivity index (χ1) is 14.4. The molecule has 1 amide bonds. The Kier molecular flexibility index (Phi) is 7.41. The Morgan fingerprint density at radius 2 is 2.07 bits per heavy atom. The van der Waals surface area contributed by atoms with Crippen LogP contribution in [0.5, 0.6) is 5.88 Å². The zero-order valence-corrected chi connectivity index (χ0v) is 18.0. The summed E-state index contributed by atoms with van der Waals surface area (Å²) in [5.41, 5.74) is 0.643. The lowest BCUT2D eigenvalue weighted by atomic mass is 10.1. The number of carbonyl (C=O) groups is 1. The number of nitrogens with zero attached hydrogens (tertiary/aromatic N) is 2. The van der Waals surface area contributed by atoms with E-state index in [2.05, 4.69) is 10.3 Å². The zero-order chi connectivity index (χ0) is 21.6. The lowest BCUT2D eigenvalue weighted by molar-refractivity contribution is 0.102. The number of sulfonamides is 1. The van der Waals surface area contributed by atoms with Gasteiger partial charge in [0.05, 0.1) is 11.5 Å². The number of pyridine rings is 1. The lowest BCUT2D eigenvalue weighted by Crippen LogP contribution is -2.41. The summed E-state index contributed by atoms with van der Waals surface area (Å²) in [6.07, 6.45) is 4.27. The number of benzene rings is 1. The van der Waals surface area contributed by atoms with E-state index in [-0.39, 0.29) is 29.0 Å². The van der Waals surface area contributed by atoms with Crippen molar-refractivity contribution in [3.63, 3.8) is 0 Å². The van der Waals surface area contributed by atoms with Crippen LogP contribution in [0.25, 0.3) is 0 Å². The summed E-state index contributed by atoms with van der Waals surface area (Å²) < 4.78 is 38.2. The van der Waals surface area contributed by atoms with Crippen molar-refractivity contribution in [2.24, 2.45) is 0 Å². The molecule has 162 valence electrons. The molecule has 0 spiro atoms. The molecule has 1 aliphatic heterocycles. The number of rotatable bonds is 8. The fourth-order valence-corrected chi connectivity index (χ4v) is 5.13. The number of ether oxygens (including phenoxy) is 2. The second kappa shape index (κ2) is 10.0. The molecule has 1 aromatic heterocycles.